The van der Waals surface area contributed by atoms with Gasteiger partial charge in [0.05, 0.1) is 54.1 Å². The third kappa shape index (κ3) is 7.49. The predicted octanol–water partition coefficient (Wildman–Crippen LogP) is 7.12. The van der Waals surface area contributed by atoms with E-state index in [2.05, 4.69) is 22.6 Å². The zero-order valence-electron chi connectivity index (χ0n) is 31.7. The summed E-state index contributed by atoms with van der Waals surface area (Å²) in [6, 6.07) is 19.0. The molecule has 0 amide bonds. The zero-order valence-corrected chi connectivity index (χ0v) is 33.9. The molecule has 12 nitrogen and oxygen atoms in total. The number of hydrogen-bond acceptors (Lipinski definition) is 8. The molecule has 0 aromatic heterocycles. The quantitative estimate of drug-likeness (QED) is 0.102. The summed E-state index contributed by atoms with van der Waals surface area (Å²) < 4.78 is 38.4. The average molecular weight is 867 g/mol. The first-order valence-corrected chi connectivity index (χ1v) is 19.8. The number of rotatable bonds is 9. The van der Waals surface area contributed by atoms with Crippen molar-refractivity contribution in [1.29, 1.82) is 0 Å². The Labute approximate surface area is 334 Å². The molecule has 4 atom stereocenters. The first kappa shape index (κ1) is 38.5. The van der Waals surface area contributed by atoms with Crippen LogP contribution in [0.15, 0.2) is 60.7 Å². The molecule has 4 aliphatic rings. The van der Waals surface area contributed by atoms with Crippen molar-refractivity contribution in [3.8, 4) is 46.0 Å². The number of ether oxygens (including phenoxy) is 6. The molecule has 8 rings (SSSR count). The maximum atomic E-state index is 12.6. The molecular formula is C42H47IN2O10+2. The third-order valence-corrected chi connectivity index (χ3v) is 11.9. The number of carboxylic acid groups (broad SMARTS) is 2. The lowest BCUT2D eigenvalue weighted by atomic mass is 9.85. The van der Waals surface area contributed by atoms with E-state index in [1.807, 2.05) is 74.8 Å². The van der Waals surface area contributed by atoms with Gasteiger partial charge in [0.1, 0.15) is 22.4 Å². The van der Waals surface area contributed by atoms with Crippen molar-refractivity contribution in [2.75, 3.05) is 66.2 Å². The summed E-state index contributed by atoms with van der Waals surface area (Å²) >= 11 is 2.14. The number of alkyl halides is 1. The molecule has 2 N–H and O–H groups in total. The molecule has 4 aromatic rings. The van der Waals surface area contributed by atoms with Crippen LogP contribution in [-0.4, -0.2) is 97.3 Å². The first-order valence-electron chi connectivity index (χ1n) is 18.3. The van der Waals surface area contributed by atoms with Gasteiger partial charge in [0.25, 0.3) is 0 Å². The Bertz CT molecular complexity index is 2120. The van der Waals surface area contributed by atoms with Gasteiger partial charge in [-0.2, -0.15) is 0 Å². The molecule has 4 aliphatic heterocycles. The van der Waals surface area contributed by atoms with E-state index in [9.17, 15) is 19.8 Å². The number of likely N-dealkylation sites (N-methyl/N-ethyl adjacent to an activating group) is 2. The fourth-order valence-corrected chi connectivity index (χ4v) is 9.06. The molecule has 0 saturated carbocycles. The molecular weight excluding hydrogens is 819 g/mol. The number of fused-ring (bicyclic) bond motifs is 2. The van der Waals surface area contributed by atoms with E-state index in [-0.39, 0.29) is 23.6 Å². The van der Waals surface area contributed by atoms with Crippen LogP contribution in [-0.2, 0) is 35.3 Å². The van der Waals surface area contributed by atoms with Crippen LogP contribution >= 0.6 is 22.6 Å². The summed E-state index contributed by atoms with van der Waals surface area (Å²) in [5.74, 6) is 2.24. The smallest absolute Gasteiger partial charge is 0.359 e. The maximum Gasteiger partial charge on any atom is 0.359 e. The number of quaternary nitrogens is 2. The van der Waals surface area contributed by atoms with Crippen molar-refractivity contribution in [2.24, 2.45) is 0 Å². The highest BCUT2D eigenvalue weighted by Gasteiger charge is 2.46. The zero-order chi connectivity index (χ0) is 39.1. The minimum atomic E-state index is -0.905. The van der Waals surface area contributed by atoms with Gasteiger partial charge in [-0.15, -0.1) is 0 Å². The number of hydrogen-bond donors (Lipinski definition) is 2. The van der Waals surface area contributed by atoms with Gasteiger partial charge in [-0.3, -0.25) is 0 Å². The van der Waals surface area contributed by atoms with E-state index >= 15 is 0 Å². The predicted molar refractivity (Wildman–Crippen MR) is 212 cm³/mol. The number of nitrogens with zero attached hydrogens (tertiary/aromatic N) is 2. The van der Waals surface area contributed by atoms with Gasteiger partial charge in [-0.1, -0.05) is 18.2 Å². The molecule has 4 unspecified atom stereocenters. The number of carboxylic acids is 2. The Morgan fingerprint density at radius 2 is 1.31 bits per heavy atom. The molecule has 55 heavy (non-hydrogen) atoms. The molecule has 13 heteroatoms. The Balaban J connectivity index is 1.53. The second kappa shape index (κ2) is 15.4. The molecule has 0 fully saturated rings. The summed E-state index contributed by atoms with van der Waals surface area (Å²) in [4.78, 5) is 24.9. The van der Waals surface area contributed by atoms with E-state index in [0.29, 0.717) is 93.9 Å². The van der Waals surface area contributed by atoms with E-state index in [1.54, 1.807) is 21.3 Å². The van der Waals surface area contributed by atoms with E-state index < -0.39 is 18.0 Å². The van der Waals surface area contributed by atoms with Gasteiger partial charge >= 0.3 is 11.9 Å². The summed E-state index contributed by atoms with van der Waals surface area (Å²) in [6.07, 6.45) is 2.24. The Kier molecular flexibility index (Phi) is 10.8. The van der Waals surface area contributed by atoms with Gasteiger partial charge in [0.2, 0.25) is 5.75 Å². The SMILES string of the molecule is COc1ccc2cc1Oc1ccc(cc1)CC1c3cc(c(OC)cc3CC[N+]1(C)CC(=O)O)Oc1c(OCI)c(OC)cc3c1C(C2)[N+](C)(CC(=O)O)CC3. The lowest BCUT2D eigenvalue weighted by Crippen LogP contribution is -2.54. The summed E-state index contributed by atoms with van der Waals surface area (Å²) in [7, 11) is 8.79. The molecule has 0 radical (unpaired) electrons. The molecule has 290 valence electrons. The van der Waals surface area contributed by atoms with Crippen LogP contribution in [0.5, 0.6) is 46.0 Å². The molecule has 4 heterocycles. The number of halogens is 1. The lowest BCUT2D eigenvalue weighted by molar-refractivity contribution is -0.934. The van der Waals surface area contributed by atoms with Gasteiger partial charge in [-0.05, 0) is 87.3 Å². The Morgan fingerprint density at radius 3 is 1.95 bits per heavy atom. The van der Waals surface area contributed by atoms with Crippen molar-refractivity contribution >= 4 is 34.5 Å². The van der Waals surface area contributed by atoms with Crippen LogP contribution in [0.3, 0.4) is 0 Å². The second-order valence-corrected chi connectivity index (χ2v) is 15.7. The number of carbonyl (C=O) groups is 2. The Morgan fingerprint density at radius 1 is 0.727 bits per heavy atom. The van der Waals surface area contributed by atoms with E-state index in [0.717, 1.165) is 33.4 Å². The molecule has 0 aliphatic carbocycles. The number of aliphatic carboxylic acids is 2. The summed E-state index contributed by atoms with van der Waals surface area (Å²) in [5, 5.41) is 20.4. The minimum Gasteiger partial charge on any atom is -0.493 e. The fraction of sp³-hybridized carbons (Fsp3) is 0.381. The monoisotopic (exact) mass is 866 g/mol. The van der Waals surface area contributed by atoms with Crippen LogP contribution in [0.4, 0.5) is 0 Å². The van der Waals surface area contributed by atoms with Crippen molar-refractivity contribution in [2.45, 2.75) is 37.8 Å². The molecule has 4 aromatic carbocycles. The highest BCUT2D eigenvalue weighted by molar-refractivity contribution is 14.1. The van der Waals surface area contributed by atoms with Gasteiger partial charge < -0.3 is 47.6 Å². The number of benzene rings is 4. The fourth-order valence-electron chi connectivity index (χ4n) is 8.75. The summed E-state index contributed by atoms with van der Waals surface area (Å²) in [6.45, 7) is 1.02. The van der Waals surface area contributed by atoms with E-state index in [4.69, 9.17) is 28.4 Å². The molecule has 0 saturated heterocycles. The molecule has 6 bridgehead atoms. The van der Waals surface area contributed by atoms with Crippen molar-refractivity contribution < 1.29 is 57.2 Å². The van der Waals surface area contributed by atoms with Crippen molar-refractivity contribution in [3.63, 3.8) is 0 Å². The van der Waals surface area contributed by atoms with Crippen LogP contribution in [0.25, 0.3) is 0 Å². The van der Waals surface area contributed by atoms with Crippen LogP contribution in [0, 0.1) is 0 Å². The summed E-state index contributed by atoms with van der Waals surface area (Å²) in [5.41, 5.74) is 5.78. The molecule has 0 spiro atoms. The first-order chi connectivity index (χ1) is 26.4. The minimum absolute atomic E-state index is 0.0531. The van der Waals surface area contributed by atoms with Crippen LogP contribution < -0.4 is 28.4 Å². The Hall–Kier alpha value is -4.73. The largest absolute Gasteiger partial charge is 0.493 e. The third-order valence-electron chi connectivity index (χ3n) is 11.6. The van der Waals surface area contributed by atoms with Crippen molar-refractivity contribution in [1.82, 2.24) is 0 Å². The van der Waals surface area contributed by atoms with Crippen LogP contribution in [0.2, 0.25) is 0 Å². The highest BCUT2D eigenvalue weighted by Crippen LogP contribution is 2.54. The van der Waals surface area contributed by atoms with E-state index in [1.165, 1.54) is 0 Å². The van der Waals surface area contributed by atoms with Crippen LogP contribution in [0.1, 0.15) is 45.5 Å². The average Bonchev–Trinajstić information content (AvgIpc) is 3.14. The standard InChI is InChI=1S/C42H45IN2O10/c1-44(22-38(46)47)14-12-27-19-34(51-4)36-21-30(27)31(44)16-25-6-9-29(10-7-25)54-35-18-26(8-11-33(35)50-3)17-32-40-28(13-15-45(32,2)23-39(48)49)20-37(52-5)41(53-24-43)42(40)55-36/h6-11,18-21,31-32H,12-17,22-24H2,1-5H3/p+2. The van der Waals surface area contributed by atoms with Gasteiger partial charge in [-0.25, -0.2) is 9.59 Å². The maximum absolute atomic E-state index is 12.6. The van der Waals surface area contributed by atoms with Crippen molar-refractivity contribution in [3.05, 3.63) is 94.0 Å². The number of methoxy groups -OCH3 is 3. The van der Waals surface area contributed by atoms with Gasteiger partial charge in [0.15, 0.2) is 47.6 Å². The normalized spacial score (nSPS) is 22.5. The lowest BCUT2D eigenvalue weighted by Gasteiger charge is -2.45. The van der Waals surface area contributed by atoms with Gasteiger partial charge in [0, 0.05) is 31.2 Å². The highest BCUT2D eigenvalue weighted by atomic mass is 127. The topological polar surface area (TPSA) is 130 Å². The second-order valence-electron chi connectivity index (χ2n) is 15.0.